The number of likely N-dealkylation sites (tertiary alicyclic amines) is 1. The first-order chi connectivity index (χ1) is 17.9. The standard InChI is InChI=1S/C29H34ClN3O4/c1-3-7-19-10-15-23-25(24(19)27(35)31-2)29(37)33(22(17-34)16-18-8-5-4-6-9-18)26(23)28(36)32-21-13-11-20(30)12-14-21/h4-6,8-15,19,22-26,34H,3,7,16-17H2,1-2H3,(H,31,35)(H,32,36)/t19-,22-,23+,24-,25-,26+/m1/s1. The van der Waals surface area contributed by atoms with Crippen molar-refractivity contribution >= 4 is 35.0 Å². The third-order valence-corrected chi connectivity index (χ3v) is 7.77. The number of aliphatic hydroxyl groups is 1. The van der Waals surface area contributed by atoms with Crippen molar-refractivity contribution in [3.05, 3.63) is 77.3 Å². The number of hydrogen-bond acceptors (Lipinski definition) is 4. The average Bonchev–Trinajstić information content (AvgIpc) is 3.21. The maximum atomic E-state index is 14.1. The van der Waals surface area contributed by atoms with Gasteiger partial charge in [-0.3, -0.25) is 14.4 Å². The maximum Gasteiger partial charge on any atom is 0.247 e. The number of carbonyl (C=O) groups is 3. The van der Waals surface area contributed by atoms with Crippen LogP contribution < -0.4 is 10.6 Å². The van der Waals surface area contributed by atoms with E-state index in [1.54, 1.807) is 31.3 Å². The van der Waals surface area contributed by atoms with Crippen LogP contribution in [-0.2, 0) is 20.8 Å². The third-order valence-electron chi connectivity index (χ3n) is 7.52. The molecule has 1 heterocycles. The summed E-state index contributed by atoms with van der Waals surface area (Å²) in [4.78, 5) is 42.5. The molecule has 4 rings (SSSR count). The van der Waals surface area contributed by atoms with Gasteiger partial charge in [-0.1, -0.05) is 67.4 Å². The van der Waals surface area contributed by atoms with Crippen molar-refractivity contribution in [2.45, 2.75) is 38.3 Å². The van der Waals surface area contributed by atoms with E-state index in [0.717, 1.165) is 18.4 Å². The molecule has 1 aliphatic heterocycles. The summed E-state index contributed by atoms with van der Waals surface area (Å²) in [5.74, 6) is -2.70. The monoisotopic (exact) mass is 523 g/mol. The molecule has 3 amide bonds. The molecule has 7 nitrogen and oxygen atoms in total. The zero-order valence-corrected chi connectivity index (χ0v) is 21.9. The number of amides is 3. The highest BCUT2D eigenvalue weighted by Gasteiger charge is 2.58. The molecule has 0 saturated carbocycles. The second-order valence-electron chi connectivity index (χ2n) is 9.79. The van der Waals surface area contributed by atoms with E-state index in [-0.39, 0.29) is 30.2 Å². The fourth-order valence-electron chi connectivity index (χ4n) is 5.86. The van der Waals surface area contributed by atoms with Gasteiger partial charge in [-0.2, -0.15) is 0 Å². The van der Waals surface area contributed by atoms with Crippen LogP contribution in [0, 0.1) is 23.7 Å². The Kier molecular flexibility index (Phi) is 8.67. The lowest BCUT2D eigenvalue weighted by Crippen LogP contribution is -2.51. The molecule has 8 heteroatoms. The van der Waals surface area contributed by atoms with E-state index in [4.69, 9.17) is 11.6 Å². The highest BCUT2D eigenvalue weighted by Crippen LogP contribution is 2.46. The number of benzene rings is 2. The van der Waals surface area contributed by atoms with Crippen LogP contribution in [-0.4, -0.2) is 53.5 Å². The number of halogens is 1. The SMILES string of the molecule is CCC[C@@H]1C=C[C@H]2[C@@H](C(=O)N([C@@H](CO)Cc3ccccc3)[C@@H]2C(=O)Nc2ccc(Cl)cc2)[C@@H]1C(=O)NC. The first kappa shape index (κ1) is 26.9. The Balaban J connectivity index is 1.74. The van der Waals surface area contributed by atoms with Gasteiger partial charge < -0.3 is 20.6 Å². The largest absolute Gasteiger partial charge is 0.394 e. The van der Waals surface area contributed by atoms with Crippen LogP contribution >= 0.6 is 11.6 Å². The molecule has 6 atom stereocenters. The minimum absolute atomic E-state index is 0.100. The number of anilines is 1. The van der Waals surface area contributed by atoms with E-state index in [1.165, 1.54) is 4.90 Å². The fourth-order valence-corrected chi connectivity index (χ4v) is 5.98. The van der Waals surface area contributed by atoms with Crippen LogP contribution in [0.2, 0.25) is 5.02 Å². The Morgan fingerprint density at radius 1 is 1.05 bits per heavy atom. The Bertz CT molecular complexity index is 1140. The molecule has 1 saturated heterocycles. The fraction of sp³-hybridized carbons (Fsp3) is 0.414. The van der Waals surface area contributed by atoms with Crippen molar-refractivity contribution in [1.29, 1.82) is 0 Å². The van der Waals surface area contributed by atoms with Gasteiger partial charge in [0.15, 0.2) is 0 Å². The molecule has 2 aliphatic rings. The summed E-state index contributed by atoms with van der Waals surface area (Å²) in [6, 6.07) is 14.8. The number of hydrogen-bond donors (Lipinski definition) is 3. The average molecular weight is 524 g/mol. The Hall–Kier alpha value is -3.16. The van der Waals surface area contributed by atoms with Gasteiger partial charge in [0.2, 0.25) is 17.7 Å². The predicted molar refractivity (Wildman–Crippen MR) is 144 cm³/mol. The molecule has 0 radical (unpaired) electrons. The van der Waals surface area contributed by atoms with Gasteiger partial charge in [0.1, 0.15) is 6.04 Å². The molecule has 2 aromatic carbocycles. The number of aliphatic hydroxyl groups excluding tert-OH is 1. The smallest absolute Gasteiger partial charge is 0.247 e. The van der Waals surface area contributed by atoms with Gasteiger partial charge in [0, 0.05) is 23.7 Å². The number of nitrogens with zero attached hydrogens (tertiary/aromatic N) is 1. The molecule has 196 valence electrons. The van der Waals surface area contributed by atoms with Crippen LogP contribution in [0.25, 0.3) is 0 Å². The predicted octanol–water partition coefficient (Wildman–Crippen LogP) is 3.67. The molecule has 2 aromatic rings. The van der Waals surface area contributed by atoms with Gasteiger partial charge in [-0.05, 0) is 48.6 Å². The molecule has 1 aliphatic carbocycles. The second-order valence-corrected chi connectivity index (χ2v) is 10.2. The molecule has 37 heavy (non-hydrogen) atoms. The van der Waals surface area contributed by atoms with Crippen LogP contribution in [0.15, 0.2) is 66.7 Å². The van der Waals surface area contributed by atoms with Crippen molar-refractivity contribution < 1.29 is 19.5 Å². The number of carbonyl (C=O) groups excluding carboxylic acids is 3. The van der Waals surface area contributed by atoms with E-state index >= 15 is 0 Å². The van der Waals surface area contributed by atoms with Crippen LogP contribution in [0.4, 0.5) is 5.69 Å². The van der Waals surface area contributed by atoms with E-state index in [9.17, 15) is 19.5 Å². The van der Waals surface area contributed by atoms with E-state index in [2.05, 4.69) is 10.6 Å². The maximum absolute atomic E-state index is 14.1. The van der Waals surface area contributed by atoms with Crippen molar-refractivity contribution in [3.63, 3.8) is 0 Å². The zero-order chi connectivity index (χ0) is 26.5. The molecular weight excluding hydrogens is 490 g/mol. The summed E-state index contributed by atoms with van der Waals surface area (Å²) in [5.41, 5.74) is 1.50. The first-order valence-corrected chi connectivity index (χ1v) is 13.2. The van der Waals surface area contributed by atoms with Crippen molar-refractivity contribution in [1.82, 2.24) is 10.2 Å². The summed E-state index contributed by atoms with van der Waals surface area (Å²) in [5, 5.41) is 16.6. The van der Waals surface area contributed by atoms with Crippen molar-refractivity contribution in [2.75, 3.05) is 19.0 Å². The van der Waals surface area contributed by atoms with Gasteiger partial charge in [0.25, 0.3) is 0 Å². The molecule has 0 unspecified atom stereocenters. The van der Waals surface area contributed by atoms with Crippen LogP contribution in [0.1, 0.15) is 25.3 Å². The van der Waals surface area contributed by atoms with Gasteiger partial charge in [0.05, 0.1) is 24.5 Å². The van der Waals surface area contributed by atoms with E-state index in [1.807, 2.05) is 49.4 Å². The quantitative estimate of drug-likeness (QED) is 0.437. The Morgan fingerprint density at radius 2 is 1.76 bits per heavy atom. The van der Waals surface area contributed by atoms with Gasteiger partial charge in [-0.15, -0.1) is 0 Å². The molecular formula is C29H34ClN3O4. The summed E-state index contributed by atoms with van der Waals surface area (Å²) in [6.45, 7) is 1.74. The second kappa shape index (κ2) is 11.9. The zero-order valence-electron chi connectivity index (χ0n) is 21.1. The van der Waals surface area contributed by atoms with Gasteiger partial charge in [-0.25, -0.2) is 0 Å². The van der Waals surface area contributed by atoms with Crippen LogP contribution in [0.3, 0.4) is 0 Å². The molecule has 0 spiro atoms. The number of fused-ring (bicyclic) bond motifs is 1. The number of allylic oxidation sites excluding steroid dienone is 1. The van der Waals surface area contributed by atoms with Gasteiger partial charge >= 0.3 is 0 Å². The number of nitrogens with one attached hydrogen (secondary N) is 2. The molecule has 0 aromatic heterocycles. The summed E-state index contributed by atoms with van der Waals surface area (Å²) >= 11 is 6.00. The van der Waals surface area contributed by atoms with Crippen LogP contribution in [0.5, 0.6) is 0 Å². The normalized spacial score (nSPS) is 25.5. The van der Waals surface area contributed by atoms with Crippen molar-refractivity contribution in [2.24, 2.45) is 23.7 Å². The van der Waals surface area contributed by atoms with E-state index in [0.29, 0.717) is 17.1 Å². The summed E-state index contributed by atoms with van der Waals surface area (Å²) in [6.07, 6.45) is 5.95. The lowest BCUT2D eigenvalue weighted by molar-refractivity contribution is -0.142. The highest BCUT2D eigenvalue weighted by atomic mass is 35.5. The first-order valence-electron chi connectivity index (χ1n) is 12.8. The summed E-state index contributed by atoms with van der Waals surface area (Å²) < 4.78 is 0. The topological polar surface area (TPSA) is 98.7 Å². The van der Waals surface area contributed by atoms with E-state index < -0.39 is 29.8 Å². The molecule has 0 bridgehead atoms. The lowest BCUT2D eigenvalue weighted by atomic mass is 9.68. The molecule has 3 N–H and O–H groups in total. The Labute approximate surface area is 222 Å². The highest BCUT2D eigenvalue weighted by molar-refractivity contribution is 6.30. The minimum atomic E-state index is -0.875. The Morgan fingerprint density at radius 3 is 2.38 bits per heavy atom. The lowest BCUT2D eigenvalue weighted by Gasteiger charge is -2.34. The summed E-state index contributed by atoms with van der Waals surface area (Å²) in [7, 11) is 1.58. The third kappa shape index (κ3) is 5.58. The number of rotatable bonds is 9. The minimum Gasteiger partial charge on any atom is -0.394 e. The molecule has 1 fully saturated rings. The van der Waals surface area contributed by atoms with Crippen molar-refractivity contribution in [3.8, 4) is 0 Å².